The smallest absolute Gasteiger partial charge is 0.206 e. The molecule has 0 spiro atoms. The molecule has 0 fully saturated rings. The molecule has 0 saturated heterocycles. The number of aliphatic hydroxyl groups excluding tert-OH is 1. The minimum Gasteiger partial charge on any atom is -0.496 e. The highest BCUT2D eigenvalue weighted by atomic mass is 16.6. The molecule has 3 aromatic carbocycles. The van der Waals surface area contributed by atoms with E-state index in [1.54, 1.807) is 48.5 Å². The molecule has 2 atom stereocenters. The number of ether oxygens (including phenoxy) is 7. The van der Waals surface area contributed by atoms with Gasteiger partial charge >= 0.3 is 0 Å². The minimum atomic E-state index is -1.70. The van der Waals surface area contributed by atoms with E-state index in [0.29, 0.717) is 34.3 Å². The second-order valence-corrected chi connectivity index (χ2v) is 8.41. The summed E-state index contributed by atoms with van der Waals surface area (Å²) in [4.78, 5) is 14.3. The first-order valence-electron chi connectivity index (χ1n) is 11.5. The van der Waals surface area contributed by atoms with Crippen LogP contribution >= 0.6 is 0 Å². The second kappa shape index (κ2) is 9.59. The van der Waals surface area contributed by atoms with Gasteiger partial charge in [0.2, 0.25) is 5.60 Å². The molecule has 0 amide bonds. The zero-order chi connectivity index (χ0) is 26.2. The number of benzene rings is 3. The molecule has 0 aromatic heterocycles. The Morgan fingerprint density at radius 3 is 2.24 bits per heavy atom. The lowest BCUT2D eigenvalue weighted by atomic mass is 9.73. The summed E-state index contributed by atoms with van der Waals surface area (Å²) < 4.78 is 40.3. The van der Waals surface area contributed by atoms with E-state index in [4.69, 9.17) is 33.2 Å². The van der Waals surface area contributed by atoms with Gasteiger partial charge in [-0.3, -0.25) is 4.79 Å². The summed E-state index contributed by atoms with van der Waals surface area (Å²) in [5.41, 5.74) is -0.984. The number of ketones is 1. The summed E-state index contributed by atoms with van der Waals surface area (Å²) in [5.74, 6) is 1.36. The van der Waals surface area contributed by atoms with Gasteiger partial charge in [0.1, 0.15) is 29.1 Å². The third-order valence-corrected chi connectivity index (χ3v) is 6.52. The van der Waals surface area contributed by atoms with E-state index < -0.39 is 18.1 Å². The molecule has 1 N–H and O–H groups in total. The van der Waals surface area contributed by atoms with E-state index in [1.807, 2.05) is 6.07 Å². The van der Waals surface area contributed by atoms with Gasteiger partial charge in [-0.15, -0.1) is 0 Å². The maximum Gasteiger partial charge on any atom is 0.206 e. The fraction of sp³-hybridized carbons (Fsp3) is 0.250. The third-order valence-electron chi connectivity index (χ3n) is 6.52. The van der Waals surface area contributed by atoms with Crippen LogP contribution in [0.3, 0.4) is 0 Å². The van der Waals surface area contributed by atoms with Gasteiger partial charge in [-0.25, -0.2) is 0 Å². The molecule has 0 saturated carbocycles. The fourth-order valence-electron chi connectivity index (χ4n) is 4.70. The van der Waals surface area contributed by atoms with Gasteiger partial charge in [-0.2, -0.15) is 0 Å². The van der Waals surface area contributed by atoms with E-state index >= 15 is 0 Å². The number of fused-ring (bicyclic) bond motifs is 2. The predicted octanol–water partition coefficient (Wildman–Crippen LogP) is 4.12. The molecule has 0 aliphatic carbocycles. The normalized spacial score (nSPS) is 19.8. The SMILES string of the molecule is COc1cc(OC)c2c(c1)OC(CO)(C1=COc3ccccc3O1)C(c1ccc(OC)c(OC)c1)C2=O. The van der Waals surface area contributed by atoms with Crippen LogP contribution in [0.1, 0.15) is 21.8 Å². The third kappa shape index (κ3) is 3.88. The number of Topliss-reactive ketones (excluding diaryl/α,β-unsaturated/α-hetero) is 1. The van der Waals surface area contributed by atoms with E-state index in [2.05, 4.69) is 0 Å². The fourth-order valence-corrected chi connectivity index (χ4v) is 4.70. The molecule has 0 bridgehead atoms. The Hall–Kier alpha value is -4.37. The van der Waals surface area contributed by atoms with Gasteiger partial charge in [-0.1, -0.05) is 18.2 Å². The monoisotopic (exact) mass is 506 g/mol. The molecule has 3 aromatic rings. The Kier molecular flexibility index (Phi) is 6.31. The molecule has 192 valence electrons. The first kappa shape index (κ1) is 24.3. The van der Waals surface area contributed by atoms with Crippen molar-refractivity contribution in [2.75, 3.05) is 35.0 Å². The highest BCUT2D eigenvalue weighted by Gasteiger charge is 2.56. The van der Waals surface area contributed by atoms with Crippen molar-refractivity contribution in [3.05, 3.63) is 77.7 Å². The average molecular weight is 507 g/mol. The van der Waals surface area contributed by atoms with Crippen LogP contribution in [0.15, 0.2) is 66.6 Å². The van der Waals surface area contributed by atoms with Crippen LogP contribution in [-0.2, 0) is 0 Å². The molecular weight excluding hydrogens is 480 g/mol. The molecule has 9 heteroatoms. The zero-order valence-corrected chi connectivity index (χ0v) is 20.8. The van der Waals surface area contributed by atoms with Gasteiger partial charge in [0, 0.05) is 12.1 Å². The van der Waals surface area contributed by atoms with E-state index in [9.17, 15) is 9.90 Å². The average Bonchev–Trinajstić information content (AvgIpc) is 2.95. The van der Waals surface area contributed by atoms with Gasteiger partial charge in [-0.05, 0) is 29.8 Å². The van der Waals surface area contributed by atoms with E-state index in [1.165, 1.54) is 34.7 Å². The van der Waals surface area contributed by atoms with Crippen molar-refractivity contribution in [2.45, 2.75) is 11.5 Å². The summed E-state index contributed by atoms with van der Waals surface area (Å²) >= 11 is 0. The van der Waals surface area contributed by atoms with Gasteiger partial charge in [0.15, 0.2) is 34.5 Å². The molecule has 9 nitrogen and oxygen atoms in total. The van der Waals surface area contributed by atoms with E-state index in [0.717, 1.165) is 0 Å². The van der Waals surface area contributed by atoms with Crippen LogP contribution < -0.4 is 33.2 Å². The molecule has 2 unspecified atom stereocenters. The standard InChI is InChI=1S/C28H26O9/c1-31-17-12-22(34-4)25-23(13-17)37-28(15-29,24-14-35-19-7-5-6-8-20(19)36-24)26(27(25)30)16-9-10-18(32-2)21(11-16)33-3/h5-14,26,29H,15H2,1-4H3. The summed E-state index contributed by atoms with van der Waals surface area (Å²) in [5, 5.41) is 10.9. The Bertz CT molecular complexity index is 1380. The Morgan fingerprint density at radius 1 is 0.838 bits per heavy atom. The number of carbonyl (C=O) groups excluding carboxylic acids is 1. The number of hydrogen-bond donors (Lipinski definition) is 1. The largest absolute Gasteiger partial charge is 0.496 e. The van der Waals surface area contributed by atoms with Crippen LogP contribution in [0.2, 0.25) is 0 Å². The molecular formula is C28H26O9. The van der Waals surface area contributed by atoms with Gasteiger partial charge < -0.3 is 38.3 Å². The van der Waals surface area contributed by atoms with Gasteiger partial charge in [0.25, 0.3) is 0 Å². The first-order valence-corrected chi connectivity index (χ1v) is 11.5. The summed E-state index contributed by atoms with van der Waals surface area (Å²) in [6.07, 6.45) is 1.35. The van der Waals surface area contributed by atoms with Gasteiger partial charge in [0.05, 0.1) is 41.0 Å². The van der Waals surface area contributed by atoms with Crippen LogP contribution in [-0.4, -0.2) is 51.5 Å². The Balaban J connectivity index is 1.74. The number of para-hydroxylation sites is 2. The van der Waals surface area contributed by atoms with Crippen molar-refractivity contribution >= 4 is 5.78 Å². The number of methoxy groups -OCH3 is 4. The molecule has 2 aliphatic heterocycles. The molecule has 2 aliphatic rings. The van der Waals surface area contributed by atoms with Crippen LogP contribution in [0.25, 0.3) is 0 Å². The van der Waals surface area contributed by atoms with Crippen molar-refractivity contribution < 1.29 is 43.1 Å². The lowest BCUT2D eigenvalue weighted by Crippen LogP contribution is -2.55. The minimum absolute atomic E-state index is 0.120. The Labute approximate surface area is 213 Å². The summed E-state index contributed by atoms with van der Waals surface area (Å²) in [6.45, 7) is -0.617. The number of aliphatic hydroxyl groups is 1. The molecule has 5 rings (SSSR count). The van der Waals surface area contributed by atoms with Crippen molar-refractivity contribution in [3.63, 3.8) is 0 Å². The number of carbonyl (C=O) groups is 1. The topological polar surface area (TPSA) is 102 Å². The molecule has 37 heavy (non-hydrogen) atoms. The summed E-state index contributed by atoms with van der Waals surface area (Å²) in [6, 6.07) is 15.3. The predicted molar refractivity (Wildman–Crippen MR) is 132 cm³/mol. The van der Waals surface area contributed by atoms with E-state index in [-0.39, 0.29) is 28.6 Å². The van der Waals surface area contributed by atoms with Crippen molar-refractivity contribution in [2.24, 2.45) is 0 Å². The number of hydrogen-bond acceptors (Lipinski definition) is 9. The molecule has 2 heterocycles. The highest BCUT2D eigenvalue weighted by Crippen LogP contribution is 2.52. The quantitative estimate of drug-likeness (QED) is 0.507. The van der Waals surface area contributed by atoms with Crippen LogP contribution in [0, 0.1) is 0 Å². The lowest BCUT2D eigenvalue weighted by Gasteiger charge is -2.44. The lowest BCUT2D eigenvalue weighted by molar-refractivity contribution is -0.0180. The second-order valence-electron chi connectivity index (χ2n) is 8.41. The maximum atomic E-state index is 14.3. The molecule has 0 radical (unpaired) electrons. The first-order chi connectivity index (χ1) is 18.0. The maximum absolute atomic E-state index is 14.3. The van der Waals surface area contributed by atoms with Crippen LogP contribution in [0.5, 0.6) is 40.2 Å². The number of rotatable bonds is 7. The van der Waals surface area contributed by atoms with Crippen molar-refractivity contribution in [3.8, 4) is 40.2 Å². The zero-order valence-electron chi connectivity index (χ0n) is 20.8. The highest BCUT2D eigenvalue weighted by molar-refractivity contribution is 6.08. The van der Waals surface area contributed by atoms with Crippen LogP contribution in [0.4, 0.5) is 0 Å². The Morgan fingerprint density at radius 2 is 1.57 bits per heavy atom. The van der Waals surface area contributed by atoms with Crippen molar-refractivity contribution in [1.29, 1.82) is 0 Å². The van der Waals surface area contributed by atoms with Crippen molar-refractivity contribution in [1.82, 2.24) is 0 Å². The summed E-state index contributed by atoms with van der Waals surface area (Å²) in [7, 11) is 5.98.